The Morgan fingerprint density at radius 3 is 2.40 bits per heavy atom. The van der Waals surface area contributed by atoms with Gasteiger partial charge in [-0.1, -0.05) is 12.1 Å². The second-order valence-electron chi connectivity index (χ2n) is 4.65. The number of nitrogens with zero attached hydrogens (tertiary/aromatic N) is 1. The number of halogens is 2. The number of para-hydroxylation sites is 1. The van der Waals surface area contributed by atoms with Gasteiger partial charge in [-0.2, -0.15) is 0 Å². The molecule has 1 aliphatic rings. The van der Waals surface area contributed by atoms with E-state index in [1.807, 2.05) is 0 Å². The number of rotatable bonds is 5. The van der Waals surface area contributed by atoms with Gasteiger partial charge in [0.25, 0.3) is 6.43 Å². The van der Waals surface area contributed by atoms with Crippen molar-refractivity contribution < 1.29 is 18.3 Å². The largest absolute Gasteiger partial charge is 0.493 e. The van der Waals surface area contributed by atoms with Crippen LogP contribution in [0.15, 0.2) is 18.2 Å². The first kappa shape index (κ1) is 15.0. The molecule has 0 unspecified atom stereocenters. The van der Waals surface area contributed by atoms with Crippen LogP contribution in [0.2, 0.25) is 0 Å². The number of benzene rings is 1. The molecule has 20 heavy (non-hydrogen) atoms. The molecular formula is C14H20F2N2O2. The molecular weight excluding hydrogens is 266 g/mol. The van der Waals surface area contributed by atoms with Crippen LogP contribution in [0.5, 0.6) is 11.5 Å². The van der Waals surface area contributed by atoms with Crippen LogP contribution in [-0.4, -0.2) is 51.7 Å². The van der Waals surface area contributed by atoms with Crippen LogP contribution in [0.1, 0.15) is 11.6 Å². The van der Waals surface area contributed by atoms with Gasteiger partial charge in [0.05, 0.1) is 14.2 Å². The highest BCUT2D eigenvalue weighted by molar-refractivity contribution is 5.48. The molecule has 0 amide bonds. The van der Waals surface area contributed by atoms with Crippen molar-refractivity contribution in [3.63, 3.8) is 0 Å². The average Bonchev–Trinajstić information content (AvgIpc) is 2.48. The van der Waals surface area contributed by atoms with Crippen molar-refractivity contribution in [1.29, 1.82) is 0 Å². The lowest BCUT2D eigenvalue weighted by molar-refractivity contribution is 0.0169. The molecule has 0 radical (unpaired) electrons. The van der Waals surface area contributed by atoms with E-state index in [1.54, 1.807) is 23.1 Å². The van der Waals surface area contributed by atoms with Crippen LogP contribution in [0, 0.1) is 0 Å². The molecule has 1 N–H and O–H groups in total. The van der Waals surface area contributed by atoms with E-state index >= 15 is 0 Å². The van der Waals surface area contributed by atoms with Gasteiger partial charge in [0.1, 0.15) is 6.04 Å². The highest BCUT2D eigenvalue weighted by Gasteiger charge is 2.33. The summed E-state index contributed by atoms with van der Waals surface area (Å²) in [7, 11) is 2.98. The Labute approximate surface area is 117 Å². The van der Waals surface area contributed by atoms with Crippen molar-refractivity contribution in [3.05, 3.63) is 23.8 Å². The van der Waals surface area contributed by atoms with E-state index < -0.39 is 12.5 Å². The number of nitrogens with one attached hydrogen (secondary N) is 1. The average molecular weight is 286 g/mol. The zero-order valence-corrected chi connectivity index (χ0v) is 11.7. The number of piperazine rings is 1. The lowest BCUT2D eigenvalue weighted by atomic mass is 10.0. The lowest BCUT2D eigenvalue weighted by Crippen LogP contribution is -2.47. The maximum atomic E-state index is 13.6. The fraction of sp³-hybridized carbons (Fsp3) is 0.571. The van der Waals surface area contributed by atoms with Gasteiger partial charge in [-0.15, -0.1) is 0 Å². The van der Waals surface area contributed by atoms with Crippen molar-refractivity contribution >= 4 is 0 Å². The van der Waals surface area contributed by atoms with E-state index in [-0.39, 0.29) is 0 Å². The molecule has 1 saturated heterocycles. The summed E-state index contributed by atoms with van der Waals surface area (Å²) in [6.45, 7) is 2.62. The van der Waals surface area contributed by atoms with Crippen LogP contribution in [0.3, 0.4) is 0 Å². The summed E-state index contributed by atoms with van der Waals surface area (Å²) in [5.74, 6) is 0.865. The molecule has 4 nitrogen and oxygen atoms in total. The van der Waals surface area contributed by atoms with Crippen molar-refractivity contribution in [1.82, 2.24) is 10.2 Å². The minimum absolute atomic E-state index is 0.388. The number of ether oxygens (including phenoxy) is 2. The number of hydrogen-bond donors (Lipinski definition) is 1. The third kappa shape index (κ3) is 3.02. The topological polar surface area (TPSA) is 33.7 Å². The normalized spacial score (nSPS) is 18.1. The second-order valence-corrected chi connectivity index (χ2v) is 4.65. The molecule has 0 spiro atoms. The Kier molecular flexibility index (Phi) is 5.14. The zero-order chi connectivity index (χ0) is 14.5. The van der Waals surface area contributed by atoms with E-state index in [0.717, 1.165) is 13.1 Å². The van der Waals surface area contributed by atoms with Gasteiger partial charge < -0.3 is 14.8 Å². The minimum Gasteiger partial charge on any atom is -0.493 e. The van der Waals surface area contributed by atoms with E-state index in [1.165, 1.54) is 14.2 Å². The zero-order valence-electron chi connectivity index (χ0n) is 11.7. The fourth-order valence-corrected chi connectivity index (χ4v) is 2.60. The van der Waals surface area contributed by atoms with E-state index in [0.29, 0.717) is 30.2 Å². The summed E-state index contributed by atoms with van der Waals surface area (Å²) in [6.07, 6.45) is -2.48. The Morgan fingerprint density at radius 1 is 1.15 bits per heavy atom. The number of hydrogen-bond acceptors (Lipinski definition) is 4. The maximum absolute atomic E-state index is 13.6. The molecule has 6 heteroatoms. The van der Waals surface area contributed by atoms with Gasteiger partial charge >= 0.3 is 0 Å². The third-order valence-corrected chi connectivity index (χ3v) is 3.54. The molecule has 1 fully saturated rings. The summed E-state index contributed by atoms with van der Waals surface area (Å²) in [5, 5.41) is 3.17. The molecule has 1 atom stereocenters. The predicted molar refractivity (Wildman–Crippen MR) is 72.7 cm³/mol. The van der Waals surface area contributed by atoms with Crippen LogP contribution >= 0.6 is 0 Å². The van der Waals surface area contributed by atoms with Crippen LogP contribution in [-0.2, 0) is 0 Å². The Morgan fingerprint density at radius 2 is 1.85 bits per heavy atom. The van der Waals surface area contributed by atoms with Gasteiger partial charge in [0, 0.05) is 31.7 Å². The smallest absolute Gasteiger partial charge is 0.258 e. The molecule has 112 valence electrons. The molecule has 0 aliphatic carbocycles. The van der Waals surface area contributed by atoms with Gasteiger partial charge in [-0.05, 0) is 6.07 Å². The quantitative estimate of drug-likeness (QED) is 0.896. The summed E-state index contributed by atoms with van der Waals surface area (Å²) < 4.78 is 37.6. The van der Waals surface area contributed by atoms with Crippen molar-refractivity contribution in [2.24, 2.45) is 0 Å². The van der Waals surface area contributed by atoms with Gasteiger partial charge in [0.2, 0.25) is 0 Å². The highest BCUT2D eigenvalue weighted by atomic mass is 19.3. The molecule has 1 aliphatic heterocycles. The first-order valence-electron chi connectivity index (χ1n) is 6.62. The van der Waals surface area contributed by atoms with E-state index in [4.69, 9.17) is 9.47 Å². The van der Waals surface area contributed by atoms with Gasteiger partial charge in [0.15, 0.2) is 11.5 Å². The van der Waals surface area contributed by atoms with Crippen molar-refractivity contribution in [2.45, 2.75) is 12.5 Å². The van der Waals surface area contributed by atoms with Crippen LogP contribution in [0.4, 0.5) is 8.78 Å². The summed E-state index contributed by atoms with van der Waals surface area (Å²) in [5.41, 5.74) is 0.476. The van der Waals surface area contributed by atoms with Gasteiger partial charge in [-0.25, -0.2) is 8.78 Å². The lowest BCUT2D eigenvalue weighted by Gasteiger charge is -2.35. The molecule has 0 bridgehead atoms. The monoisotopic (exact) mass is 286 g/mol. The predicted octanol–water partition coefficient (Wildman–Crippen LogP) is 1.92. The summed E-state index contributed by atoms with van der Waals surface area (Å²) >= 11 is 0. The second kappa shape index (κ2) is 6.85. The highest BCUT2D eigenvalue weighted by Crippen LogP contribution is 2.39. The Hall–Kier alpha value is -1.40. The first-order chi connectivity index (χ1) is 9.69. The number of methoxy groups -OCH3 is 2. The van der Waals surface area contributed by atoms with E-state index in [2.05, 4.69) is 5.32 Å². The summed E-state index contributed by atoms with van der Waals surface area (Å²) in [4.78, 5) is 1.79. The molecule has 1 aromatic carbocycles. The molecule has 1 aromatic rings. The first-order valence-corrected chi connectivity index (χ1v) is 6.62. The summed E-state index contributed by atoms with van der Waals surface area (Å²) in [6, 6.07) is 4.14. The Balaban J connectivity index is 2.38. The maximum Gasteiger partial charge on any atom is 0.258 e. The van der Waals surface area contributed by atoms with Crippen LogP contribution < -0.4 is 14.8 Å². The molecule has 0 saturated carbocycles. The number of alkyl halides is 2. The molecule has 2 rings (SSSR count). The van der Waals surface area contributed by atoms with Crippen LogP contribution in [0.25, 0.3) is 0 Å². The molecule has 0 aromatic heterocycles. The standard InChI is InChI=1S/C14H20F2N2O2/c1-19-11-5-3-4-10(13(11)20-2)12(14(15)16)18-8-6-17-7-9-18/h3-5,12,14,17H,6-9H2,1-2H3/t12-/m0/s1. The van der Waals surface area contributed by atoms with Gasteiger partial charge in [-0.3, -0.25) is 4.90 Å². The Bertz CT molecular complexity index is 437. The third-order valence-electron chi connectivity index (χ3n) is 3.54. The minimum atomic E-state index is -2.48. The van der Waals surface area contributed by atoms with Crippen molar-refractivity contribution in [3.8, 4) is 11.5 Å². The van der Waals surface area contributed by atoms with E-state index in [9.17, 15) is 8.78 Å². The fourth-order valence-electron chi connectivity index (χ4n) is 2.60. The van der Waals surface area contributed by atoms with Crippen molar-refractivity contribution in [2.75, 3.05) is 40.4 Å². The SMILES string of the molecule is COc1cccc([C@@H](C(F)F)N2CCNCC2)c1OC. The molecule has 1 heterocycles.